The summed E-state index contributed by atoms with van der Waals surface area (Å²) in [6.45, 7) is 0. The summed E-state index contributed by atoms with van der Waals surface area (Å²) in [6.07, 6.45) is 0.620. The lowest BCUT2D eigenvalue weighted by atomic mass is 10.2. The van der Waals surface area contributed by atoms with Crippen molar-refractivity contribution in [3.05, 3.63) is 29.8 Å². The SMILES string of the molecule is O=Cc1ccccc1O.[N]. The molecule has 0 unspecified atom stereocenters. The Kier molecular flexibility index (Phi) is 3.14. The maximum Gasteiger partial charge on any atom is 0.153 e. The number of nitrogens with zero attached hydrogens (tertiary/aromatic N) is 1. The van der Waals surface area contributed by atoms with E-state index < -0.39 is 0 Å². The highest BCUT2D eigenvalue weighted by Gasteiger charge is 1.93. The molecular weight excluding hydrogens is 130 g/mol. The third-order valence-electron chi connectivity index (χ3n) is 1.06. The van der Waals surface area contributed by atoms with Crippen molar-refractivity contribution in [2.24, 2.45) is 0 Å². The minimum absolute atomic E-state index is 0. The Hall–Kier alpha value is -1.35. The van der Waals surface area contributed by atoms with E-state index in [1.165, 1.54) is 6.07 Å². The number of hydrogen-bond donors (Lipinski definition) is 1. The van der Waals surface area contributed by atoms with Crippen molar-refractivity contribution in [1.82, 2.24) is 6.15 Å². The molecule has 0 heterocycles. The zero-order valence-corrected chi connectivity index (χ0v) is 5.19. The largest absolute Gasteiger partial charge is 0.507 e. The van der Waals surface area contributed by atoms with Gasteiger partial charge in [-0.05, 0) is 12.1 Å². The van der Waals surface area contributed by atoms with Crippen LogP contribution >= 0.6 is 0 Å². The van der Waals surface area contributed by atoms with E-state index in [-0.39, 0.29) is 11.9 Å². The molecule has 0 aromatic heterocycles. The van der Waals surface area contributed by atoms with E-state index in [1.807, 2.05) is 0 Å². The minimum atomic E-state index is 0. The Morgan fingerprint density at radius 3 is 2.30 bits per heavy atom. The van der Waals surface area contributed by atoms with Crippen molar-refractivity contribution in [1.29, 1.82) is 0 Å². The molecule has 0 atom stereocenters. The second-order valence-electron chi connectivity index (χ2n) is 1.68. The Morgan fingerprint density at radius 2 is 1.90 bits per heavy atom. The highest BCUT2D eigenvalue weighted by Crippen LogP contribution is 2.11. The van der Waals surface area contributed by atoms with Crippen molar-refractivity contribution in [2.45, 2.75) is 0 Å². The lowest BCUT2D eigenvalue weighted by Gasteiger charge is -1.91. The van der Waals surface area contributed by atoms with E-state index in [4.69, 9.17) is 5.11 Å². The monoisotopic (exact) mass is 136 g/mol. The maximum absolute atomic E-state index is 10.1. The van der Waals surface area contributed by atoms with Crippen LogP contribution in [-0.4, -0.2) is 11.4 Å². The lowest BCUT2D eigenvalue weighted by Crippen LogP contribution is -1.77. The molecule has 0 spiro atoms. The van der Waals surface area contributed by atoms with Gasteiger partial charge in [0.05, 0.1) is 5.56 Å². The molecule has 0 aliphatic carbocycles. The first-order chi connectivity index (χ1) is 4.34. The van der Waals surface area contributed by atoms with Crippen LogP contribution in [0.25, 0.3) is 0 Å². The lowest BCUT2D eigenvalue weighted by molar-refractivity contribution is 0.112. The third kappa shape index (κ3) is 1.56. The van der Waals surface area contributed by atoms with Crippen molar-refractivity contribution in [2.75, 3.05) is 0 Å². The second kappa shape index (κ2) is 3.63. The molecule has 0 aliphatic heterocycles. The van der Waals surface area contributed by atoms with Crippen LogP contribution in [0.15, 0.2) is 24.3 Å². The highest BCUT2D eigenvalue weighted by atomic mass is 16.3. The molecule has 1 rings (SSSR count). The van der Waals surface area contributed by atoms with Gasteiger partial charge in [0.2, 0.25) is 0 Å². The van der Waals surface area contributed by atoms with Gasteiger partial charge in [-0.2, -0.15) is 0 Å². The molecule has 1 N–H and O–H groups in total. The molecule has 3 heteroatoms. The van der Waals surface area contributed by atoms with E-state index in [9.17, 15) is 4.79 Å². The van der Waals surface area contributed by atoms with E-state index in [0.717, 1.165) is 0 Å². The zero-order valence-electron chi connectivity index (χ0n) is 5.19. The van der Waals surface area contributed by atoms with Gasteiger partial charge < -0.3 is 5.11 Å². The molecule has 1 aromatic carbocycles. The smallest absolute Gasteiger partial charge is 0.153 e. The summed E-state index contributed by atoms with van der Waals surface area (Å²) in [6, 6.07) is 6.40. The molecule has 1 aromatic rings. The van der Waals surface area contributed by atoms with Crippen LogP contribution in [0, 0.1) is 0 Å². The predicted molar refractivity (Wildman–Crippen MR) is 35.6 cm³/mol. The van der Waals surface area contributed by atoms with E-state index in [1.54, 1.807) is 18.2 Å². The average Bonchev–Trinajstić information content (AvgIpc) is 1.89. The fourth-order valence-electron chi connectivity index (χ4n) is 0.587. The topological polar surface area (TPSA) is 67.8 Å². The molecule has 0 aliphatic rings. The second-order valence-corrected chi connectivity index (χ2v) is 1.68. The van der Waals surface area contributed by atoms with Crippen molar-refractivity contribution >= 4 is 6.29 Å². The number of hydrogen-bond acceptors (Lipinski definition) is 2. The average molecular weight is 136 g/mol. The van der Waals surface area contributed by atoms with Gasteiger partial charge in [0.25, 0.3) is 0 Å². The predicted octanol–water partition coefficient (Wildman–Crippen LogP) is 0.724. The first kappa shape index (κ1) is 8.65. The minimum Gasteiger partial charge on any atom is -0.507 e. The van der Waals surface area contributed by atoms with Gasteiger partial charge in [-0.25, -0.2) is 0 Å². The van der Waals surface area contributed by atoms with Crippen LogP contribution in [0.3, 0.4) is 0 Å². The molecule has 0 fully saturated rings. The van der Waals surface area contributed by atoms with E-state index in [2.05, 4.69) is 0 Å². The number of para-hydroxylation sites is 1. The summed E-state index contributed by atoms with van der Waals surface area (Å²) < 4.78 is 0. The van der Waals surface area contributed by atoms with Gasteiger partial charge in [0, 0.05) is 6.15 Å². The van der Waals surface area contributed by atoms with Crippen molar-refractivity contribution < 1.29 is 9.90 Å². The van der Waals surface area contributed by atoms with Crippen molar-refractivity contribution in [3.8, 4) is 5.75 Å². The number of carbonyl (C=O) groups excluding carboxylic acids is 1. The number of aromatic hydroxyl groups is 1. The highest BCUT2D eigenvalue weighted by molar-refractivity contribution is 5.78. The molecule has 3 nitrogen and oxygen atoms in total. The van der Waals surface area contributed by atoms with Crippen LogP contribution in [0.2, 0.25) is 0 Å². The fourth-order valence-corrected chi connectivity index (χ4v) is 0.587. The number of phenolic OH excluding ortho intramolecular Hbond substituents is 1. The van der Waals surface area contributed by atoms with Crippen LogP contribution in [0.1, 0.15) is 10.4 Å². The molecule has 0 saturated heterocycles. The summed E-state index contributed by atoms with van der Waals surface area (Å²) in [5.74, 6) is 0.0347. The zero-order chi connectivity index (χ0) is 6.69. The van der Waals surface area contributed by atoms with Gasteiger partial charge in [0.1, 0.15) is 5.75 Å². The Balaban J connectivity index is 0.000000810. The summed E-state index contributed by atoms with van der Waals surface area (Å²) in [5, 5.41) is 8.88. The Labute approximate surface area is 58.9 Å². The van der Waals surface area contributed by atoms with Gasteiger partial charge in [-0.3, -0.25) is 4.79 Å². The third-order valence-corrected chi connectivity index (χ3v) is 1.06. The number of aldehydes is 1. The van der Waals surface area contributed by atoms with Crippen molar-refractivity contribution in [3.63, 3.8) is 0 Å². The first-order valence-electron chi connectivity index (χ1n) is 2.58. The molecule has 0 bridgehead atoms. The summed E-state index contributed by atoms with van der Waals surface area (Å²) in [7, 11) is 0. The van der Waals surface area contributed by atoms with E-state index in [0.29, 0.717) is 11.8 Å². The molecule has 3 radical (unpaired) electrons. The quantitative estimate of drug-likeness (QED) is 0.578. The molecule has 0 saturated carbocycles. The summed E-state index contributed by atoms with van der Waals surface area (Å²) in [5.41, 5.74) is 0.331. The fraction of sp³-hybridized carbons (Fsp3) is 0. The van der Waals surface area contributed by atoms with Crippen LogP contribution in [-0.2, 0) is 0 Å². The van der Waals surface area contributed by atoms with Gasteiger partial charge in [-0.1, -0.05) is 12.1 Å². The number of rotatable bonds is 1. The van der Waals surface area contributed by atoms with Gasteiger partial charge in [0.15, 0.2) is 6.29 Å². The van der Waals surface area contributed by atoms with Crippen LogP contribution in [0.4, 0.5) is 0 Å². The first-order valence-corrected chi connectivity index (χ1v) is 2.58. The van der Waals surface area contributed by atoms with Gasteiger partial charge >= 0.3 is 0 Å². The number of phenols is 1. The molecular formula is C7H6NO2. The number of carbonyl (C=O) groups is 1. The summed E-state index contributed by atoms with van der Waals surface area (Å²) >= 11 is 0. The molecule has 0 amide bonds. The normalized spacial score (nSPS) is 8.00. The van der Waals surface area contributed by atoms with E-state index >= 15 is 0 Å². The maximum atomic E-state index is 10.1. The molecule has 10 heavy (non-hydrogen) atoms. The standard InChI is InChI=1S/C7H6O2.N/c8-5-6-3-1-2-4-7(6)9;/h1-5,9H;. The number of benzene rings is 1. The molecule has 51 valence electrons. The Morgan fingerprint density at radius 1 is 1.30 bits per heavy atom. The Bertz CT molecular complexity index is 223. The van der Waals surface area contributed by atoms with Gasteiger partial charge in [-0.15, -0.1) is 0 Å². The summed E-state index contributed by atoms with van der Waals surface area (Å²) in [4.78, 5) is 10.1. The van der Waals surface area contributed by atoms with Crippen LogP contribution < -0.4 is 6.15 Å². The van der Waals surface area contributed by atoms with Crippen LogP contribution in [0.5, 0.6) is 5.75 Å².